The summed E-state index contributed by atoms with van der Waals surface area (Å²) < 4.78 is 6.12. The van der Waals surface area contributed by atoms with Crippen LogP contribution >= 0.6 is 0 Å². The lowest BCUT2D eigenvalue weighted by Gasteiger charge is -2.36. The van der Waals surface area contributed by atoms with Crippen LogP contribution in [0, 0.1) is 0 Å². The highest BCUT2D eigenvalue weighted by molar-refractivity contribution is 6.05. The Balaban J connectivity index is 0.845. The smallest absolute Gasteiger partial charge is 0.255 e. The minimum absolute atomic E-state index is 0.155. The van der Waals surface area contributed by atoms with Crippen molar-refractivity contribution >= 4 is 34.6 Å². The third-order valence-electron chi connectivity index (χ3n) is 10.9. The molecule has 11 heteroatoms. The van der Waals surface area contributed by atoms with Crippen LogP contribution in [0.15, 0.2) is 109 Å². The van der Waals surface area contributed by atoms with E-state index in [2.05, 4.69) is 74.7 Å². The molecule has 2 fully saturated rings. The Morgan fingerprint density at radius 3 is 2.18 bits per heavy atom. The molecule has 0 bridgehead atoms. The number of hydrogen-bond donors (Lipinski definition) is 2. The van der Waals surface area contributed by atoms with Crippen molar-refractivity contribution in [2.75, 3.05) is 31.1 Å². The molecule has 3 aliphatic rings. The van der Waals surface area contributed by atoms with Crippen molar-refractivity contribution in [3.8, 4) is 11.5 Å². The molecule has 1 unspecified atom stereocenters. The van der Waals surface area contributed by atoms with Crippen LogP contribution in [0.4, 0.5) is 5.69 Å². The number of ether oxygens (including phenoxy) is 1. The van der Waals surface area contributed by atoms with Gasteiger partial charge in [0.05, 0.1) is 5.69 Å². The van der Waals surface area contributed by atoms with Crippen molar-refractivity contribution in [2.24, 2.45) is 0 Å². The second-order valence-corrected chi connectivity index (χ2v) is 14.5. The predicted octanol–water partition coefficient (Wildman–Crippen LogP) is 6.21. The molecule has 3 amide bonds. The number of nitrogens with zero attached hydrogens (tertiary/aromatic N) is 5. The van der Waals surface area contributed by atoms with E-state index >= 15 is 0 Å². The number of carbonyl (C=O) groups excluding carboxylic acids is 3. The fourth-order valence-electron chi connectivity index (χ4n) is 7.88. The van der Waals surface area contributed by atoms with Gasteiger partial charge >= 0.3 is 0 Å². The maximum atomic E-state index is 13.1. The quantitative estimate of drug-likeness (QED) is 0.120. The minimum atomic E-state index is -0.614. The van der Waals surface area contributed by atoms with Gasteiger partial charge in [-0.05, 0) is 101 Å². The molecule has 56 heavy (non-hydrogen) atoms. The summed E-state index contributed by atoms with van der Waals surface area (Å²) in [5.74, 6) is 0.139. The molecule has 1 atom stereocenters. The van der Waals surface area contributed by atoms with E-state index in [1.54, 1.807) is 17.0 Å². The maximum absolute atomic E-state index is 13.1. The molecular formula is C45H44N6O5. The van der Waals surface area contributed by atoms with Crippen molar-refractivity contribution in [2.45, 2.75) is 51.9 Å². The van der Waals surface area contributed by atoms with Gasteiger partial charge in [-0.3, -0.25) is 24.6 Å². The Morgan fingerprint density at radius 1 is 0.804 bits per heavy atom. The number of fused-ring (bicyclic) bond motifs is 1. The third-order valence-corrected chi connectivity index (χ3v) is 10.9. The summed E-state index contributed by atoms with van der Waals surface area (Å²) in [6, 6.07) is 35.2. The molecule has 0 saturated carbocycles. The lowest BCUT2D eigenvalue weighted by atomic mass is 9.88. The Morgan fingerprint density at radius 2 is 1.50 bits per heavy atom. The Hall–Kier alpha value is -6.33. The number of anilines is 1. The fourth-order valence-corrected chi connectivity index (χ4v) is 7.88. The molecule has 5 aromatic rings. The number of aromatic nitrogens is 2. The Kier molecular flexibility index (Phi) is 10.6. The first-order valence-electron chi connectivity index (χ1n) is 19.2. The largest absolute Gasteiger partial charge is 0.508 e. The Bertz CT molecular complexity index is 2250. The number of hydrogen-bond acceptors (Lipinski definition) is 9. The van der Waals surface area contributed by atoms with Gasteiger partial charge in [0, 0.05) is 56.9 Å². The zero-order valence-corrected chi connectivity index (χ0v) is 31.4. The monoisotopic (exact) mass is 748 g/mol. The van der Waals surface area contributed by atoms with Crippen LogP contribution in [0.25, 0.3) is 11.1 Å². The van der Waals surface area contributed by atoms with Crippen molar-refractivity contribution in [3.05, 3.63) is 148 Å². The number of rotatable bonds is 11. The number of nitrogens with one attached hydrogen (secondary N) is 1. The minimum Gasteiger partial charge on any atom is -0.508 e. The first kappa shape index (κ1) is 36.6. The van der Waals surface area contributed by atoms with Gasteiger partial charge in [-0.2, -0.15) is 10.2 Å². The number of imide groups is 1. The number of phenols is 1. The van der Waals surface area contributed by atoms with Crippen LogP contribution in [0.5, 0.6) is 11.5 Å². The van der Waals surface area contributed by atoms with E-state index in [0.29, 0.717) is 31.7 Å². The van der Waals surface area contributed by atoms with Crippen LogP contribution in [0.3, 0.4) is 0 Å². The van der Waals surface area contributed by atoms with Crippen LogP contribution in [-0.2, 0) is 29.3 Å². The number of carbonyl (C=O) groups is 3. The van der Waals surface area contributed by atoms with Gasteiger partial charge in [0.2, 0.25) is 11.8 Å². The molecule has 1 aromatic heterocycles. The van der Waals surface area contributed by atoms with Crippen molar-refractivity contribution < 1.29 is 24.2 Å². The molecule has 2 N–H and O–H groups in total. The lowest BCUT2D eigenvalue weighted by molar-refractivity contribution is -0.136. The van der Waals surface area contributed by atoms with Crippen LogP contribution in [0.1, 0.15) is 70.2 Å². The van der Waals surface area contributed by atoms with Gasteiger partial charge in [-0.1, -0.05) is 61.5 Å². The van der Waals surface area contributed by atoms with Crippen LogP contribution in [0.2, 0.25) is 0 Å². The van der Waals surface area contributed by atoms with E-state index in [-0.39, 0.29) is 24.0 Å². The number of phenolic OH excluding ortho intramolecular Hbond substituents is 1. The third kappa shape index (κ3) is 7.90. The van der Waals surface area contributed by atoms with E-state index < -0.39 is 11.9 Å². The second kappa shape index (κ2) is 16.2. The number of piperidine rings is 1. The number of amides is 3. The SMILES string of the molecule is CCC(=C(c1ccc(O)cc1)c1ccc(OCc2ccc(CN3CCN(c4ccc5c(c4)CN(C4CCC(=O)NC4=O)C5=O)CC3)nn2)cc1)c1ccccc1. The van der Waals surface area contributed by atoms with Crippen LogP contribution < -0.4 is 15.0 Å². The highest BCUT2D eigenvalue weighted by Crippen LogP contribution is 2.36. The summed E-state index contributed by atoms with van der Waals surface area (Å²) in [6.45, 7) is 6.91. The van der Waals surface area contributed by atoms with E-state index in [1.165, 1.54) is 11.1 Å². The average Bonchev–Trinajstić information content (AvgIpc) is 3.55. The topological polar surface area (TPSA) is 128 Å². The zero-order valence-electron chi connectivity index (χ0n) is 31.4. The fraction of sp³-hybridized carbons (Fsp3) is 0.267. The van der Waals surface area contributed by atoms with Crippen molar-refractivity contribution in [3.63, 3.8) is 0 Å². The summed E-state index contributed by atoms with van der Waals surface area (Å²) in [4.78, 5) is 43.4. The molecule has 3 aliphatic heterocycles. The maximum Gasteiger partial charge on any atom is 0.255 e. The standard InChI is InChI=1S/C45H44N6O5/c1-2-39(30-6-4-3-5-7-30)43(31-8-15-37(52)16-9-31)32-10-17-38(18-11-32)56-29-35-13-12-34(47-48-35)28-49-22-24-50(25-23-49)36-14-19-40-33(26-36)27-51(45(40)55)41-20-21-42(53)46-44(41)54/h3-19,26,41,52H,2,20-25,27-29H2,1H3,(H,46,53,54). The van der Waals surface area contributed by atoms with Gasteiger partial charge in [0.15, 0.2) is 0 Å². The van der Waals surface area contributed by atoms with Crippen molar-refractivity contribution in [1.29, 1.82) is 0 Å². The van der Waals surface area contributed by atoms with Gasteiger partial charge in [-0.25, -0.2) is 0 Å². The van der Waals surface area contributed by atoms with E-state index in [9.17, 15) is 19.5 Å². The molecule has 11 nitrogen and oxygen atoms in total. The summed E-state index contributed by atoms with van der Waals surface area (Å²) in [5, 5.41) is 21.3. The van der Waals surface area contributed by atoms with E-state index in [4.69, 9.17) is 4.74 Å². The average molecular weight is 749 g/mol. The highest BCUT2D eigenvalue weighted by Gasteiger charge is 2.39. The van der Waals surface area contributed by atoms with Gasteiger partial charge in [0.25, 0.3) is 5.91 Å². The molecule has 284 valence electrons. The van der Waals surface area contributed by atoms with Gasteiger partial charge in [-0.15, -0.1) is 0 Å². The van der Waals surface area contributed by atoms with Crippen LogP contribution in [-0.4, -0.2) is 75.0 Å². The lowest BCUT2D eigenvalue weighted by Crippen LogP contribution is -2.52. The summed E-state index contributed by atoms with van der Waals surface area (Å²) >= 11 is 0. The Labute approximate surface area is 326 Å². The number of piperazine rings is 1. The second-order valence-electron chi connectivity index (χ2n) is 14.5. The predicted molar refractivity (Wildman–Crippen MR) is 214 cm³/mol. The number of benzene rings is 4. The molecule has 4 aromatic carbocycles. The molecule has 0 spiro atoms. The summed E-state index contributed by atoms with van der Waals surface area (Å²) in [5.41, 5.74) is 9.86. The van der Waals surface area contributed by atoms with Crippen molar-refractivity contribution in [1.82, 2.24) is 25.3 Å². The molecule has 2 saturated heterocycles. The highest BCUT2D eigenvalue weighted by atomic mass is 16.5. The first-order chi connectivity index (χ1) is 27.3. The first-order valence-corrected chi connectivity index (χ1v) is 19.2. The van der Waals surface area contributed by atoms with E-state index in [0.717, 1.165) is 77.7 Å². The van der Waals surface area contributed by atoms with Gasteiger partial charge < -0.3 is 19.6 Å². The molecule has 0 aliphatic carbocycles. The molecule has 4 heterocycles. The zero-order chi connectivity index (χ0) is 38.6. The molecule has 0 radical (unpaired) electrons. The van der Waals surface area contributed by atoms with E-state index in [1.807, 2.05) is 54.6 Å². The summed E-state index contributed by atoms with van der Waals surface area (Å²) in [7, 11) is 0. The molecule has 8 rings (SSSR count). The summed E-state index contributed by atoms with van der Waals surface area (Å²) in [6.07, 6.45) is 1.44. The number of aromatic hydroxyl groups is 1. The number of allylic oxidation sites excluding steroid dienone is 1. The van der Waals surface area contributed by atoms with Gasteiger partial charge in [0.1, 0.15) is 29.8 Å². The normalized spacial score (nSPS) is 17.7. The molecular weight excluding hydrogens is 705 g/mol.